The van der Waals surface area contributed by atoms with Gasteiger partial charge in [0.15, 0.2) is 0 Å². The van der Waals surface area contributed by atoms with Gasteiger partial charge in [-0.05, 0) is 30.3 Å². The lowest BCUT2D eigenvalue weighted by Gasteiger charge is -2.06. The molecule has 0 fully saturated rings. The van der Waals surface area contributed by atoms with Crippen molar-refractivity contribution < 1.29 is 8.78 Å². The molecule has 0 spiro atoms. The molecule has 0 aliphatic carbocycles. The molecule has 1 nitrogen and oxygen atoms in total. The van der Waals surface area contributed by atoms with E-state index in [0.29, 0.717) is 12.1 Å². The smallest absolute Gasteiger partial charge is 0.128 e. The zero-order valence-electron chi connectivity index (χ0n) is 9.61. The Morgan fingerprint density at radius 1 is 0.944 bits per heavy atom. The summed E-state index contributed by atoms with van der Waals surface area (Å²) in [5, 5.41) is 0.825. The molecule has 0 saturated carbocycles. The minimum absolute atomic E-state index is 0.221. The van der Waals surface area contributed by atoms with Crippen LogP contribution in [0.1, 0.15) is 5.56 Å². The van der Waals surface area contributed by atoms with Crippen LogP contribution in [0.3, 0.4) is 0 Å². The van der Waals surface area contributed by atoms with Gasteiger partial charge in [0.1, 0.15) is 11.6 Å². The summed E-state index contributed by atoms with van der Waals surface area (Å²) in [4.78, 5) is 0. The van der Waals surface area contributed by atoms with E-state index in [0.717, 1.165) is 10.9 Å². The molecule has 0 aliphatic heterocycles. The molecule has 0 unspecified atom stereocenters. The van der Waals surface area contributed by atoms with Crippen LogP contribution >= 0.6 is 0 Å². The number of halogens is 2. The number of benzene rings is 2. The number of hydrogen-bond acceptors (Lipinski definition) is 0. The molecule has 0 atom stereocenters. The van der Waals surface area contributed by atoms with Gasteiger partial charge < -0.3 is 4.57 Å². The molecule has 1 heterocycles. The van der Waals surface area contributed by atoms with E-state index in [1.807, 2.05) is 22.9 Å². The minimum Gasteiger partial charge on any atom is -0.343 e. The van der Waals surface area contributed by atoms with Crippen LogP contribution < -0.4 is 0 Å². The molecule has 3 heteroatoms. The quantitative estimate of drug-likeness (QED) is 0.642. The van der Waals surface area contributed by atoms with Crippen molar-refractivity contribution in [1.29, 1.82) is 0 Å². The first kappa shape index (κ1) is 11.0. The van der Waals surface area contributed by atoms with Gasteiger partial charge in [0.2, 0.25) is 0 Å². The number of hydrogen-bond donors (Lipinski definition) is 0. The van der Waals surface area contributed by atoms with Gasteiger partial charge in [-0.25, -0.2) is 8.78 Å². The summed E-state index contributed by atoms with van der Waals surface area (Å²) < 4.78 is 28.5. The molecule has 0 N–H and O–H groups in total. The van der Waals surface area contributed by atoms with Gasteiger partial charge in [0.05, 0.1) is 6.54 Å². The number of nitrogens with zero attached hydrogens (tertiary/aromatic N) is 1. The van der Waals surface area contributed by atoms with Gasteiger partial charge in [0.25, 0.3) is 0 Å². The molecule has 90 valence electrons. The van der Waals surface area contributed by atoms with Crippen molar-refractivity contribution in [3.05, 3.63) is 71.9 Å². The first-order valence-corrected chi connectivity index (χ1v) is 5.72. The number of rotatable bonds is 2. The van der Waals surface area contributed by atoms with E-state index in [1.165, 1.54) is 18.2 Å². The van der Waals surface area contributed by atoms with Gasteiger partial charge in [-0.3, -0.25) is 0 Å². The van der Waals surface area contributed by atoms with E-state index in [2.05, 4.69) is 0 Å². The maximum absolute atomic E-state index is 13.6. The predicted octanol–water partition coefficient (Wildman–Crippen LogP) is 3.97. The number of aromatic nitrogens is 1. The molecule has 3 aromatic rings. The summed E-state index contributed by atoms with van der Waals surface area (Å²) in [6.45, 7) is 0.446. The summed E-state index contributed by atoms with van der Waals surface area (Å²) >= 11 is 0. The Kier molecular flexibility index (Phi) is 2.59. The second-order valence-electron chi connectivity index (χ2n) is 4.24. The Hall–Kier alpha value is -2.16. The summed E-state index contributed by atoms with van der Waals surface area (Å²) in [7, 11) is 0. The second kappa shape index (κ2) is 4.26. The van der Waals surface area contributed by atoms with Crippen LogP contribution in [0.15, 0.2) is 54.7 Å². The highest BCUT2D eigenvalue weighted by Crippen LogP contribution is 2.19. The Morgan fingerprint density at radius 3 is 2.61 bits per heavy atom. The lowest BCUT2D eigenvalue weighted by atomic mass is 10.2. The summed E-state index contributed by atoms with van der Waals surface area (Å²) in [5.74, 6) is -0.479. The fourth-order valence-electron chi connectivity index (χ4n) is 2.12. The van der Waals surface area contributed by atoms with Gasteiger partial charge in [-0.2, -0.15) is 0 Å². The average molecular weight is 243 g/mol. The topological polar surface area (TPSA) is 4.93 Å². The van der Waals surface area contributed by atoms with Crippen LogP contribution in [0.25, 0.3) is 10.9 Å². The first-order chi connectivity index (χ1) is 8.74. The summed E-state index contributed by atoms with van der Waals surface area (Å²) in [6.07, 6.45) is 1.84. The zero-order valence-corrected chi connectivity index (χ0v) is 9.61. The molecule has 0 amide bonds. The third kappa shape index (κ3) is 1.88. The summed E-state index contributed by atoms with van der Waals surface area (Å²) in [5.41, 5.74) is 1.53. The van der Waals surface area contributed by atoms with Crippen molar-refractivity contribution in [3.63, 3.8) is 0 Å². The van der Waals surface area contributed by atoms with Crippen LogP contribution in [0.4, 0.5) is 8.78 Å². The van der Waals surface area contributed by atoms with Crippen LogP contribution in [0.2, 0.25) is 0 Å². The first-order valence-electron chi connectivity index (χ1n) is 5.72. The van der Waals surface area contributed by atoms with Gasteiger partial charge in [-0.15, -0.1) is 0 Å². The van der Waals surface area contributed by atoms with Crippen LogP contribution in [0, 0.1) is 11.6 Å². The molecule has 2 aromatic carbocycles. The summed E-state index contributed by atoms with van der Waals surface area (Å²) in [6, 6.07) is 13.1. The molecule has 0 radical (unpaired) electrons. The molecule has 0 saturated heterocycles. The highest BCUT2D eigenvalue weighted by atomic mass is 19.1. The Morgan fingerprint density at radius 2 is 1.78 bits per heavy atom. The normalized spacial score (nSPS) is 11.0. The van der Waals surface area contributed by atoms with Gasteiger partial charge in [-0.1, -0.05) is 18.2 Å². The van der Waals surface area contributed by atoms with E-state index < -0.39 is 0 Å². The Balaban J connectivity index is 2.03. The van der Waals surface area contributed by atoms with E-state index in [1.54, 1.807) is 18.2 Å². The monoisotopic (exact) mass is 243 g/mol. The van der Waals surface area contributed by atoms with Crippen molar-refractivity contribution in [2.24, 2.45) is 0 Å². The largest absolute Gasteiger partial charge is 0.343 e. The van der Waals surface area contributed by atoms with Gasteiger partial charge in [0, 0.05) is 22.7 Å². The van der Waals surface area contributed by atoms with Crippen molar-refractivity contribution in [2.75, 3.05) is 0 Å². The Bertz CT molecular complexity index is 701. The van der Waals surface area contributed by atoms with E-state index in [9.17, 15) is 8.78 Å². The SMILES string of the molecule is Fc1ccc2c(ccn2Cc2ccccc2F)c1. The third-order valence-electron chi connectivity index (χ3n) is 3.03. The fourth-order valence-corrected chi connectivity index (χ4v) is 2.12. The maximum atomic E-state index is 13.6. The molecule has 1 aromatic heterocycles. The van der Waals surface area contributed by atoms with Crippen molar-refractivity contribution in [3.8, 4) is 0 Å². The highest BCUT2D eigenvalue weighted by Gasteiger charge is 2.05. The Labute approximate surface area is 103 Å². The van der Waals surface area contributed by atoms with E-state index in [4.69, 9.17) is 0 Å². The molecule has 3 rings (SSSR count). The molecular weight excluding hydrogens is 232 g/mol. The van der Waals surface area contributed by atoms with Crippen LogP contribution in [0.5, 0.6) is 0 Å². The average Bonchev–Trinajstić information content (AvgIpc) is 2.74. The fraction of sp³-hybridized carbons (Fsp3) is 0.0667. The predicted molar refractivity (Wildman–Crippen MR) is 67.4 cm³/mol. The molecule has 0 bridgehead atoms. The highest BCUT2D eigenvalue weighted by molar-refractivity contribution is 5.80. The molecular formula is C15H11F2N. The zero-order chi connectivity index (χ0) is 12.5. The van der Waals surface area contributed by atoms with E-state index in [-0.39, 0.29) is 11.6 Å². The molecule has 0 aliphatic rings. The lowest BCUT2D eigenvalue weighted by Crippen LogP contribution is -2.00. The standard InChI is InChI=1S/C15H11F2N/c16-13-5-6-15-11(9-13)7-8-18(15)10-12-3-1-2-4-14(12)17/h1-9H,10H2. The maximum Gasteiger partial charge on any atom is 0.128 e. The lowest BCUT2D eigenvalue weighted by molar-refractivity contribution is 0.602. The van der Waals surface area contributed by atoms with Crippen molar-refractivity contribution in [1.82, 2.24) is 4.57 Å². The van der Waals surface area contributed by atoms with Crippen LogP contribution in [-0.4, -0.2) is 4.57 Å². The van der Waals surface area contributed by atoms with Crippen molar-refractivity contribution in [2.45, 2.75) is 6.54 Å². The van der Waals surface area contributed by atoms with Crippen molar-refractivity contribution >= 4 is 10.9 Å². The molecule has 18 heavy (non-hydrogen) atoms. The van der Waals surface area contributed by atoms with Crippen LogP contribution in [-0.2, 0) is 6.54 Å². The van der Waals surface area contributed by atoms with Gasteiger partial charge >= 0.3 is 0 Å². The van der Waals surface area contributed by atoms with E-state index >= 15 is 0 Å². The minimum atomic E-state index is -0.258. The third-order valence-corrected chi connectivity index (χ3v) is 3.03. The number of fused-ring (bicyclic) bond motifs is 1. The second-order valence-corrected chi connectivity index (χ2v) is 4.24.